The standard InChI is InChI=1S/C16H16N4S/c1-9(2)20-13-5-4-11(6-14(13)21)12-7-17-16-15(12)10(3)18-8-19-16/h4-8,21H,1-3H3,(H,17,18,19). The molecule has 0 amide bonds. The Hall–Kier alpha value is -2.14. The minimum absolute atomic E-state index is 0.852. The molecule has 0 atom stereocenters. The average Bonchev–Trinajstić information content (AvgIpc) is 2.86. The summed E-state index contributed by atoms with van der Waals surface area (Å²) in [6.07, 6.45) is 3.53. The van der Waals surface area contributed by atoms with Crippen molar-refractivity contribution in [3.05, 3.63) is 36.4 Å². The quantitative estimate of drug-likeness (QED) is 0.546. The van der Waals surface area contributed by atoms with Gasteiger partial charge in [0.1, 0.15) is 12.0 Å². The van der Waals surface area contributed by atoms with Crippen LogP contribution in [0.2, 0.25) is 0 Å². The number of thiol groups is 1. The Bertz CT molecular complexity index is 845. The largest absolute Gasteiger partial charge is 0.345 e. The number of rotatable bonds is 2. The van der Waals surface area contributed by atoms with Crippen LogP contribution < -0.4 is 0 Å². The first-order chi connectivity index (χ1) is 10.1. The lowest BCUT2D eigenvalue weighted by Crippen LogP contribution is -1.86. The zero-order valence-electron chi connectivity index (χ0n) is 12.2. The molecule has 0 fully saturated rings. The monoisotopic (exact) mass is 296 g/mol. The van der Waals surface area contributed by atoms with Gasteiger partial charge in [-0.05, 0) is 38.5 Å². The van der Waals surface area contributed by atoms with Gasteiger partial charge in [0.25, 0.3) is 0 Å². The van der Waals surface area contributed by atoms with Crippen molar-refractivity contribution in [2.24, 2.45) is 4.99 Å². The van der Waals surface area contributed by atoms with Gasteiger partial charge in [-0.25, -0.2) is 9.97 Å². The molecule has 4 nitrogen and oxygen atoms in total. The van der Waals surface area contributed by atoms with Gasteiger partial charge in [0, 0.05) is 27.8 Å². The zero-order chi connectivity index (χ0) is 15.0. The summed E-state index contributed by atoms with van der Waals surface area (Å²) < 4.78 is 0. The van der Waals surface area contributed by atoms with Crippen molar-refractivity contribution >= 4 is 35.1 Å². The molecule has 0 radical (unpaired) electrons. The molecule has 3 rings (SSSR count). The first kappa shape index (κ1) is 13.8. The van der Waals surface area contributed by atoms with Crippen molar-refractivity contribution in [3.8, 4) is 11.1 Å². The third-order valence-corrected chi connectivity index (χ3v) is 3.65. The molecule has 0 aliphatic rings. The summed E-state index contributed by atoms with van der Waals surface area (Å²) in [7, 11) is 0. The maximum absolute atomic E-state index is 4.55. The molecule has 0 aliphatic carbocycles. The van der Waals surface area contributed by atoms with Crippen LogP contribution in [0.15, 0.2) is 40.6 Å². The summed E-state index contributed by atoms with van der Waals surface area (Å²) in [5, 5.41) is 1.05. The predicted molar refractivity (Wildman–Crippen MR) is 89.8 cm³/mol. The Kier molecular flexibility index (Phi) is 3.51. The van der Waals surface area contributed by atoms with Crippen LogP contribution in [0.25, 0.3) is 22.2 Å². The Morgan fingerprint density at radius 2 is 2.05 bits per heavy atom. The molecule has 1 aromatic carbocycles. The molecule has 0 bridgehead atoms. The third kappa shape index (κ3) is 2.56. The maximum atomic E-state index is 4.55. The molecule has 21 heavy (non-hydrogen) atoms. The van der Waals surface area contributed by atoms with Crippen LogP contribution in [0.5, 0.6) is 0 Å². The first-order valence-corrected chi connectivity index (χ1v) is 7.15. The lowest BCUT2D eigenvalue weighted by molar-refractivity contribution is 1.14. The first-order valence-electron chi connectivity index (χ1n) is 6.70. The van der Waals surface area contributed by atoms with Crippen LogP contribution in [0.1, 0.15) is 19.5 Å². The number of aliphatic imine (C=N–C) groups is 1. The SMILES string of the molecule is CC(C)=Nc1ccc(-c2c[nH]c3ncnc(C)c23)cc1S. The second-order valence-electron chi connectivity index (χ2n) is 5.15. The summed E-state index contributed by atoms with van der Waals surface area (Å²) in [6, 6.07) is 6.07. The second kappa shape index (κ2) is 5.33. The number of hydrogen-bond donors (Lipinski definition) is 2. The summed E-state index contributed by atoms with van der Waals surface area (Å²) in [6.45, 7) is 5.94. The molecule has 2 heterocycles. The van der Waals surface area contributed by atoms with E-state index in [0.29, 0.717) is 0 Å². The lowest BCUT2D eigenvalue weighted by Gasteiger charge is -2.05. The topological polar surface area (TPSA) is 53.9 Å². The van der Waals surface area contributed by atoms with Gasteiger partial charge in [-0.15, -0.1) is 12.6 Å². The maximum Gasteiger partial charge on any atom is 0.141 e. The van der Waals surface area contributed by atoms with Crippen LogP contribution >= 0.6 is 12.6 Å². The molecule has 106 valence electrons. The van der Waals surface area contributed by atoms with Crippen LogP contribution in [0, 0.1) is 6.92 Å². The van der Waals surface area contributed by atoms with Gasteiger partial charge in [-0.1, -0.05) is 6.07 Å². The molecule has 0 saturated heterocycles. The minimum atomic E-state index is 0.852. The van der Waals surface area contributed by atoms with Gasteiger partial charge >= 0.3 is 0 Å². The fourth-order valence-corrected chi connectivity index (χ4v) is 2.64. The molecular weight excluding hydrogens is 280 g/mol. The van der Waals surface area contributed by atoms with Crippen LogP contribution in [-0.4, -0.2) is 20.7 Å². The molecule has 0 spiro atoms. The Labute approximate surface area is 128 Å². The van der Waals surface area contributed by atoms with Crippen LogP contribution in [-0.2, 0) is 0 Å². The highest BCUT2D eigenvalue weighted by molar-refractivity contribution is 7.80. The van der Waals surface area contributed by atoms with Crippen molar-refractivity contribution in [2.45, 2.75) is 25.7 Å². The second-order valence-corrected chi connectivity index (χ2v) is 5.63. The van der Waals surface area contributed by atoms with Gasteiger partial charge < -0.3 is 4.98 Å². The molecule has 3 aromatic rings. The normalized spacial score (nSPS) is 10.9. The van der Waals surface area contributed by atoms with Crippen molar-refractivity contribution in [2.75, 3.05) is 0 Å². The van der Waals surface area contributed by atoms with Gasteiger partial charge in [0.15, 0.2) is 0 Å². The van der Waals surface area contributed by atoms with Crippen molar-refractivity contribution < 1.29 is 0 Å². The highest BCUT2D eigenvalue weighted by Gasteiger charge is 2.11. The average molecular weight is 296 g/mol. The highest BCUT2D eigenvalue weighted by atomic mass is 32.1. The number of aryl methyl sites for hydroxylation is 1. The van der Waals surface area contributed by atoms with E-state index < -0.39 is 0 Å². The molecule has 0 unspecified atom stereocenters. The van der Waals surface area contributed by atoms with E-state index in [2.05, 4.69) is 38.6 Å². The summed E-state index contributed by atoms with van der Waals surface area (Å²) in [4.78, 5) is 17.1. The molecule has 2 aromatic heterocycles. The van der Waals surface area contributed by atoms with Crippen molar-refractivity contribution in [1.29, 1.82) is 0 Å². The zero-order valence-corrected chi connectivity index (χ0v) is 13.1. The van der Waals surface area contributed by atoms with E-state index in [1.807, 2.05) is 39.1 Å². The van der Waals surface area contributed by atoms with E-state index >= 15 is 0 Å². The fraction of sp³-hybridized carbons (Fsp3) is 0.188. The van der Waals surface area contributed by atoms with E-state index in [1.54, 1.807) is 6.33 Å². The number of fused-ring (bicyclic) bond motifs is 1. The summed E-state index contributed by atoms with van der Waals surface area (Å²) in [5.41, 5.74) is 5.87. The lowest BCUT2D eigenvalue weighted by atomic mass is 10.0. The van der Waals surface area contributed by atoms with Gasteiger partial charge in [-0.2, -0.15) is 0 Å². The smallest absolute Gasteiger partial charge is 0.141 e. The van der Waals surface area contributed by atoms with E-state index in [1.165, 1.54) is 0 Å². The Morgan fingerprint density at radius 3 is 2.76 bits per heavy atom. The number of hydrogen-bond acceptors (Lipinski definition) is 4. The van der Waals surface area contributed by atoms with E-state index in [4.69, 9.17) is 0 Å². The van der Waals surface area contributed by atoms with Gasteiger partial charge in [0.05, 0.1) is 11.4 Å². The summed E-state index contributed by atoms with van der Waals surface area (Å²) in [5.74, 6) is 0. The van der Waals surface area contributed by atoms with Crippen LogP contribution in [0.4, 0.5) is 5.69 Å². The molecule has 1 N–H and O–H groups in total. The Morgan fingerprint density at radius 1 is 1.24 bits per heavy atom. The molecule has 0 aliphatic heterocycles. The Balaban J connectivity index is 2.16. The number of nitrogens with zero attached hydrogens (tertiary/aromatic N) is 3. The number of nitrogens with one attached hydrogen (secondary N) is 1. The minimum Gasteiger partial charge on any atom is -0.345 e. The number of benzene rings is 1. The number of aromatic nitrogens is 3. The number of aromatic amines is 1. The molecular formula is C16H16N4S. The van der Waals surface area contributed by atoms with E-state index in [0.717, 1.165) is 44.1 Å². The highest BCUT2D eigenvalue weighted by Crippen LogP contribution is 2.33. The van der Waals surface area contributed by atoms with Crippen molar-refractivity contribution in [1.82, 2.24) is 15.0 Å². The predicted octanol–water partition coefficient (Wildman–Crippen LogP) is 4.33. The fourth-order valence-electron chi connectivity index (χ4n) is 2.37. The van der Waals surface area contributed by atoms with Gasteiger partial charge in [-0.3, -0.25) is 4.99 Å². The van der Waals surface area contributed by atoms with Crippen LogP contribution in [0.3, 0.4) is 0 Å². The van der Waals surface area contributed by atoms with Gasteiger partial charge in [0.2, 0.25) is 0 Å². The summed E-state index contributed by atoms with van der Waals surface area (Å²) >= 11 is 4.55. The molecule has 5 heteroatoms. The number of H-pyrrole nitrogens is 1. The van der Waals surface area contributed by atoms with E-state index in [-0.39, 0.29) is 0 Å². The third-order valence-electron chi connectivity index (χ3n) is 3.29. The van der Waals surface area contributed by atoms with E-state index in [9.17, 15) is 0 Å². The van der Waals surface area contributed by atoms with Crippen molar-refractivity contribution in [3.63, 3.8) is 0 Å². The molecule has 0 saturated carbocycles.